The van der Waals surface area contributed by atoms with Crippen molar-refractivity contribution in [2.75, 3.05) is 12.4 Å². The molecule has 1 heterocycles. The van der Waals surface area contributed by atoms with Gasteiger partial charge in [0.05, 0.1) is 12.8 Å². The Balaban J connectivity index is 1.85. The van der Waals surface area contributed by atoms with Crippen molar-refractivity contribution in [1.29, 1.82) is 0 Å². The maximum absolute atomic E-state index is 13.5. The Labute approximate surface area is 144 Å². The molecule has 128 valence electrons. The van der Waals surface area contributed by atoms with Gasteiger partial charge in [-0.1, -0.05) is 0 Å². The summed E-state index contributed by atoms with van der Waals surface area (Å²) in [6.07, 6.45) is 0. The van der Waals surface area contributed by atoms with Crippen molar-refractivity contribution < 1.29 is 22.7 Å². The lowest BCUT2D eigenvalue weighted by molar-refractivity contribution is 0.102. The van der Waals surface area contributed by atoms with Crippen molar-refractivity contribution in [1.82, 2.24) is 4.98 Å². The topological polar surface area (TPSA) is 51.2 Å². The summed E-state index contributed by atoms with van der Waals surface area (Å²) in [7, 11) is 1.45. The third-order valence-corrected chi connectivity index (χ3v) is 4.04. The van der Waals surface area contributed by atoms with Crippen LogP contribution in [0.3, 0.4) is 0 Å². The quantitative estimate of drug-likeness (QED) is 0.742. The van der Waals surface area contributed by atoms with Crippen LogP contribution in [0.4, 0.5) is 18.3 Å². The molecule has 4 nitrogen and oxygen atoms in total. The van der Waals surface area contributed by atoms with E-state index in [1.807, 2.05) is 0 Å². The molecule has 0 atom stereocenters. The van der Waals surface area contributed by atoms with Crippen LogP contribution in [0, 0.1) is 17.5 Å². The highest BCUT2D eigenvalue weighted by Gasteiger charge is 2.14. The number of methoxy groups -OCH3 is 1. The van der Waals surface area contributed by atoms with E-state index >= 15 is 0 Å². The third kappa shape index (κ3) is 3.80. The van der Waals surface area contributed by atoms with Gasteiger partial charge in [0.25, 0.3) is 5.91 Å². The number of nitrogens with zero attached hydrogens (tertiary/aromatic N) is 1. The van der Waals surface area contributed by atoms with Crippen molar-refractivity contribution in [2.45, 2.75) is 0 Å². The van der Waals surface area contributed by atoms with Crippen LogP contribution in [-0.2, 0) is 0 Å². The van der Waals surface area contributed by atoms with Crippen LogP contribution < -0.4 is 10.1 Å². The minimum Gasteiger partial charge on any atom is -0.496 e. The summed E-state index contributed by atoms with van der Waals surface area (Å²) in [6.45, 7) is 0. The molecule has 1 N–H and O–H groups in total. The number of carbonyl (C=O) groups is 1. The summed E-state index contributed by atoms with van der Waals surface area (Å²) in [5.74, 6) is -2.43. The number of anilines is 1. The first-order valence-electron chi connectivity index (χ1n) is 7.03. The van der Waals surface area contributed by atoms with Gasteiger partial charge in [0.2, 0.25) is 0 Å². The second kappa shape index (κ2) is 6.94. The smallest absolute Gasteiger partial charge is 0.257 e. The van der Waals surface area contributed by atoms with Crippen LogP contribution in [0.1, 0.15) is 10.4 Å². The summed E-state index contributed by atoms with van der Waals surface area (Å²) >= 11 is 1.09. The molecule has 0 unspecified atom stereocenters. The summed E-state index contributed by atoms with van der Waals surface area (Å²) in [6, 6.07) is 6.51. The molecule has 3 aromatic rings. The van der Waals surface area contributed by atoms with Crippen molar-refractivity contribution in [3.8, 4) is 17.0 Å². The van der Waals surface area contributed by atoms with E-state index in [1.165, 1.54) is 25.3 Å². The van der Waals surface area contributed by atoms with Crippen molar-refractivity contribution >= 4 is 22.4 Å². The molecule has 0 radical (unpaired) electrons. The van der Waals surface area contributed by atoms with E-state index in [0.717, 1.165) is 23.5 Å². The van der Waals surface area contributed by atoms with E-state index in [4.69, 9.17) is 4.74 Å². The maximum atomic E-state index is 13.5. The molecule has 0 saturated carbocycles. The zero-order valence-corrected chi connectivity index (χ0v) is 13.7. The van der Waals surface area contributed by atoms with Crippen LogP contribution in [0.5, 0.6) is 5.75 Å². The highest BCUT2D eigenvalue weighted by molar-refractivity contribution is 7.14. The van der Waals surface area contributed by atoms with Crippen LogP contribution in [0.2, 0.25) is 0 Å². The van der Waals surface area contributed by atoms with Crippen LogP contribution in [-0.4, -0.2) is 18.0 Å². The Morgan fingerprint density at radius 3 is 2.48 bits per heavy atom. The lowest BCUT2D eigenvalue weighted by Gasteiger charge is -2.06. The van der Waals surface area contributed by atoms with Gasteiger partial charge in [0.1, 0.15) is 23.2 Å². The van der Waals surface area contributed by atoms with Gasteiger partial charge in [-0.05, 0) is 30.3 Å². The fourth-order valence-electron chi connectivity index (χ4n) is 2.19. The van der Waals surface area contributed by atoms with Gasteiger partial charge >= 0.3 is 0 Å². The van der Waals surface area contributed by atoms with Gasteiger partial charge in [-0.2, -0.15) is 0 Å². The number of carbonyl (C=O) groups excluding carboxylic acids is 1. The molecule has 0 bridgehead atoms. The van der Waals surface area contributed by atoms with E-state index in [-0.39, 0.29) is 10.7 Å². The SMILES string of the molecule is COc1ccc(F)cc1-c1csc(NC(=O)c2cc(F)cc(F)c2)n1. The van der Waals surface area contributed by atoms with Crippen LogP contribution >= 0.6 is 11.3 Å². The zero-order chi connectivity index (χ0) is 18.0. The van der Waals surface area contributed by atoms with Gasteiger partial charge in [0, 0.05) is 22.6 Å². The fraction of sp³-hybridized carbons (Fsp3) is 0.0588. The Kier molecular flexibility index (Phi) is 4.71. The van der Waals surface area contributed by atoms with E-state index < -0.39 is 23.4 Å². The Morgan fingerprint density at radius 1 is 1.08 bits per heavy atom. The normalized spacial score (nSPS) is 10.6. The van der Waals surface area contributed by atoms with Crippen molar-refractivity contribution in [2.24, 2.45) is 0 Å². The van der Waals surface area contributed by atoms with E-state index in [9.17, 15) is 18.0 Å². The predicted molar refractivity (Wildman–Crippen MR) is 88.4 cm³/mol. The van der Waals surface area contributed by atoms with Crippen molar-refractivity contribution in [3.05, 3.63) is 64.8 Å². The molecule has 0 aliphatic heterocycles. The van der Waals surface area contributed by atoms with Crippen LogP contribution in [0.15, 0.2) is 41.8 Å². The molecule has 8 heteroatoms. The molecule has 2 aromatic carbocycles. The summed E-state index contributed by atoms with van der Waals surface area (Å²) in [5, 5.41) is 4.27. The predicted octanol–water partition coefficient (Wildman–Crippen LogP) is 4.49. The maximum Gasteiger partial charge on any atom is 0.257 e. The standard InChI is InChI=1S/C17H11F3N2O2S/c1-24-15-3-2-10(18)7-13(15)14-8-25-17(21-14)22-16(23)9-4-11(19)6-12(20)5-9/h2-8H,1H3,(H,21,22,23). The molecular weight excluding hydrogens is 353 g/mol. The van der Waals surface area contributed by atoms with E-state index in [2.05, 4.69) is 10.3 Å². The first-order valence-corrected chi connectivity index (χ1v) is 7.91. The number of hydrogen-bond acceptors (Lipinski definition) is 4. The average molecular weight is 364 g/mol. The Hall–Kier alpha value is -2.87. The number of nitrogens with one attached hydrogen (secondary N) is 1. The summed E-state index contributed by atoms with van der Waals surface area (Å²) < 4.78 is 45.0. The second-order valence-electron chi connectivity index (χ2n) is 4.99. The molecule has 0 aliphatic carbocycles. The molecule has 1 aromatic heterocycles. The number of rotatable bonds is 4. The Morgan fingerprint density at radius 2 is 1.80 bits per heavy atom. The largest absolute Gasteiger partial charge is 0.496 e. The molecule has 0 saturated heterocycles. The first-order chi connectivity index (χ1) is 12.0. The minimum absolute atomic E-state index is 0.169. The van der Waals surface area contributed by atoms with Gasteiger partial charge in [0.15, 0.2) is 5.13 Å². The number of thiazole rings is 1. The lowest BCUT2D eigenvalue weighted by atomic mass is 10.1. The van der Waals surface area contributed by atoms with E-state index in [0.29, 0.717) is 23.1 Å². The number of aromatic nitrogens is 1. The zero-order valence-electron chi connectivity index (χ0n) is 12.8. The van der Waals surface area contributed by atoms with E-state index in [1.54, 1.807) is 5.38 Å². The van der Waals surface area contributed by atoms with Gasteiger partial charge < -0.3 is 4.74 Å². The minimum atomic E-state index is -0.852. The molecule has 25 heavy (non-hydrogen) atoms. The molecule has 0 spiro atoms. The number of halogens is 3. The highest BCUT2D eigenvalue weighted by atomic mass is 32.1. The molecule has 3 rings (SSSR count). The Bertz CT molecular complexity index is 923. The fourth-order valence-corrected chi connectivity index (χ4v) is 2.90. The van der Waals surface area contributed by atoms with Crippen LogP contribution in [0.25, 0.3) is 11.3 Å². The van der Waals surface area contributed by atoms with Gasteiger partial charge in [-0.25, -0.2) is 18.2 Å². The molecule has 0 aliphatic rings. The average Bonchev–Trinajstić information content (AvgIpc) is 3.02. The molecule has 1 amide bonds. The number of ether oxygens (including phenoxy) is 1. The second-order valence-corrected chi connectivity index (χ2v) is 5.85. The molecule has 0 fully saturated rings. The third-order valence-electron chi connectivity index (χ3n) is 3.29. The number of benzene rings is 2. The highest BCUT2D eigenvalue weighted by Crippen LogP contribution is 2.32. The molecular formula is C17H11F3N2O2S. The van der Waals surface area contributed by atoms with Crippen molar-refractivity contribution in [3.63, 3.8) is 0 Å². The van der Waals surface area contributed by atoms with Gasteiger partial charge in [-0.3, -0.25) is 10.1 Å². The number of amides is 1. The lowest BCUT2D eigenvalue weighted by Crippen LogP contribution is -2.12. The van der Waals surface area contributed by atoms with Gasteiger partial charge in [-0.15, -0.1) is 11.3 Å². The summed E-state index contributed by atoms with van der Waals surface area (Å²) in [5.41, 5.74) is 0.663. The first kappa shape index (κ1) is 17.0. The monoisotopic (exact) mass is 364 g/mol. The summed E-state index contributed by atoms with van der Waals surface area (Å²) in [4.78, 5) is 16.3. The number of hydrogen-bond donors (Lipinski definition) is 1.